The first-order valence-corrected chi connectivity index (χ1v) is 6.58. The van der Waals surface area contributed by atoms with E-state index in [9.17, 15) is 9.18 Å². The van der Waals surface area contributed by atoms with Crippen LogP contribution in [0.25, 0.3) is 0 Å². The molecule has 0 aliphatic heterocycles. The van der Waals surface area contributed by atoms with Crippen LogP contribution in [0.2, 0.25) is 0 Å². The van der Waals surface area contributed by atoms with Gasteiger partial charge in [0.15, 0.2) is 0 Å². The zero-order valence-corrected chi connectivity index (χ0v) is 12.1. The van der Waals surface area contributed by atoms with Crippen molar-refractivity contribution in [2.24, 2.45) is 0 Å². The van der Waals surface area contributed by atoms with E-state index >= 15 is 0 Å². The molecular formula is C15H23FN2O. The summed E-state index contributed by atoms with van der Waals surface area (Å²) in [5, 5.41) is 6.12. The van der Waals surface area contributed by atoms with Gasteiger partial charge in [0, 0.05) is 18.5 Å². The summed E-state index contributed by atoms with van der Waals surface area (Å²) < 4.78 is 13.1. The smallest absolute Gasteiger partial charge is 0.221 e. The van der Waals surface area contributed by atoms with Crippen LogP contribution in [-0.2, 0) is 4.79 Å². The Labute approximate surface area is 114 Å². The Hall–Kier alpha value is -1.42. The summed E-state index contributed by atoms with van der Waals surface area (Å²) in [5.74, 6) is -0.318. The second kappa shape index (κ2) is 6.66. The number of nitrogens with one attached hydrogen (secondary N) is 2. The maximum atomic E-state index is 13.1. The van der Waals surface area contributed by atoms with Gasteiger partial charge in [0.25, 0.3) is 0 Å². The molecule has 0 unspecified atom stereocenters. The summed E-state index contributed by atoms with van der Waals surface area (Å²) >= 11 is 0. The molecule has 2 N–H and O–H groups in total. The molecule has 0 saturated carbocycles. The molecule has 3 nitrogen and oxygen atoms in total. The van der Waals surface area contributed by atoms with Crippen LogP contribution in [0, 0.1) is 5.82 Å². The van der Waals surface area contributed by atoms with E-state index in [0.717, 1.165) is 5.56 Å². The minimum absolute atomic E-state index is 0.00839. The summed E-state index contributed by atoms with van der Waals surface area (Å²) in [6.07, 6.45) is 0.414. The van der Waals surface area contributed by atoms with E-state index in [-0.39, 0.29) is 23.3 Å². The largest absolute Gasteiger partial charge is 0.350 e. The predicted molar refractivity (Wildman–Crippen MR) is 75.3 cm³/mol. The third kappa shape index (κ3) is 6.34. The molecule has 19 heavy (non-hydrogen) atoms. The molecular weight excluding hydrogens is 243 g/mol. The van der Waals surface area contributed by atoms with E-state index in [0.29, 0.717) is 13.0 Å². The van der Waals surface area contributed by atoms with Crippen LogP contribution >= 0.6 is 0 Å². The van der Waals surface area contributed by atoms with Gasteiger partial charge in [-0.3, -0.25) is 4.79 Å². The predicted octanol–water partition coefficient (Wildman–Crippen LogP) is 2.78. The van der Waals surface area contributed by atoms with Gasteiger partial charge in [0.2, 0.25) is 5.91 Å². The summed E-state index contributed by atoms with van der Waals surface area (Å²) in [7, 11) is 0. The number of amides is 1. The first-order chi connectivity index (χ1) is 8.78. The highest BCUT2D eigenvalue weighted by molar-refractivity contribution is 5.76. The maximum Gasteiger partial charge on any atom is 0.221 e. The maximum absolute atomic E-state index is 13.1. The normalized spacial score (nSPS) is 13.1. The number of hydrogen-bond acceptors (Lipinski definition) is 2. The zero-order valence-electron chi connectivity index (χ0n) is 12.1. The number of halogens is 1. The zero-order chi connectivity index (χ0) is 14.5. The van der Waals surface area contributed by atoms with E-state index in [1.54, 1.807) is 12.1 Å². The molecule has 1 aromatic carbocycles. The summed E-state index contributed by atoms with van der Waals surface area (Å²) in [4.78, 5) is 11.8. The van der Waals surface area contributed by atoms with Crippen molar-refractivity contribution in [3.05, 3.63) is 35.6 Å². The summed E-state index contributed by atoms with van der Waals surface area (Å²) in [6, 6.07) is 6.11. The van der Waals surface area contributed by atoms with Gasteiger partial charge in [0.05, 0.1) is 6.04 Å². The van der Waals surface area contributed by atoms with Crippen molar-refractivity contribution in [1.82, 2.24) is 10.6 Å². The molecule has 0 spiro atoms. The molecule has 0 heterocycles. The molecule has 0 aromatic heterocycles. The van der Waals surface area contributed by atoms with Crippen molar-refractivity contribution in [1.29, 1.82) is 0 Å². The highest BCUT2D eigenvalue weighted by Crippen LogP contribution is 2.13. The van der Waals surface area contributed by atoms with E-state index in [1.165, 1.54) is 12.1 Å². The molecule has 0 fully saturated rings. The van der Waals surface area contributed by atoms with Gasteiger partial charge in [-0.1, -0.05) is 12.1 Å². The Kier molecular flexibility index (Phi) is 5.48. The van der Waals surface area contributed by atoms with E-state index in [4.69, 9.17) is 0 Å². The molecule has 1 rings (SSSR count). The SMILES string of the molecule is C[C@@H](NC(=O)CCNC(C)(C)C)c1cccc(F)c1. The fourth-order valence-electron chi connectivity index (χ4n) is 1.72. The van der Waals surface area contributed by atoms with Gasteiger partial charge in [-0.25, -0.2) is 4.39 Å². The van der Waals surface area contributed by atoms with Crippen LogP contribution in [0.5, 0.6) is 0 Å². The lowest BCUT2D eigenvalue weighted by Gasteiger charge is -2.21. The number of benzene rings is 1. The highest BCUT2D eigenvalue weighted by Gasteiger charge is 2.12. The molecule has 0 bridgehead atoms. The van der Waals surface area contributed by atoms with Crippen molar-refractivity contribution < 1.29 is 9.18 Å². The lowest BCUT2D eigenvalue weighted by molar-refractivity contribution is -0.121. The first-order valence-electron chi connectivity index (χ1n) is 6.58. The Bertz CT molecular complexity index is 426. The Balaban J connectivity index is 2.40. The van der Waals surface area contributed by atoms with Gasteiger partial charge in [-0.2, -0.15) is 0 Å². The number of rotatable bonds is 5. The lowest BCUT2D eigenvalue weighted by Crippen LogP contribution is -2.38. The fraction of sp³-hybridized carbons (Fsp3) is 0.533. The van der Waals surface area contributed by atoms with Crippen molar-refractivity contribution in [2.75, 3.05) is 6.54 Å². The van der Waals surface area contributed by atoms with Crippen molar-refractivity contribution in [2.45, 2.75) is 45.7 Å². The Morgan fingerprint density at radius 3 is 2.63 bits per heavy atom. The molecule has 0 radical (unpaired) electrons. The first kappa shape index (κ1) is 15.6. The average Bonchev–Trinajstić information content (AvgIpc) is 2.27. The third-order valence-electron chi connectivity index (χ3n) is 2.73. The van der Waals surface area contributed by atoms with Crippen LogP contribution in [0.1, 0.15) is 45.7 Å². The van der Waals surface area contributed by atoms with Crippen molar-refractivity contribution >= 4 is 5.91 Å². The standard InChI is InChI=1S/C15H23FN2O/c1-11(12-6-5-7-13(16)10-12)18-14(19)8-9-17-15(2,3)4/h5-7,10-11,17H,8-9H2,1-4H3,(H,18,19)/t11-/m1/s1. The minimum atomic E-state index is -0.284. The Morgan fingerprint density at radius 2 is 2.05 bits per heavy atom. The monoisotopic (exact) mass is 266 g/mol. The van der Waals surface area contributed by atoms with E-state index in [1.807, 2.05) is 6.92 Å². The summed E-state index contributed by atoms with van der Waals surface area (Å²) in [6.45, 7) is 8.65. The Morgan fingerprint density at radius 1 is 1.37 bits per heavy atom. The van der Waals surface area contributed by atoms with Gasteiger partial charge in [-0.15, -0.1) is 0 Å². The lowest BCUT2D eigenvalue weighted by atomic mass is 10.1. The van der Waals surface area contributed by atoms with Gasteiger partial charge >= 0.3 is 0 Å². The topological polar surface area (TPSA) is 41.1 Å². The molecule has 1 atom stereocenters. The van der Waals surface area contributed by atoms with Gasteiger partial charge in [0.1, 0.15) is 5.82 Å². The number of carbonyl (C=O) groups is 1. The molecule has 4 heteroatoms. The van der Waals surface area contributed by atoms with Crippen LogP contribution in [0.4, 0.5) is 4.39 Å². The third-order valence-corrected chi connectivity index (χ3v) is 2.73. The van der Waals surface area contributed by atoms with Crippen LogP contribution in [-0.4, -0.2) is 18.0 Å². The minimum Gasteiger partial charge on any atom is -0.350 e. The fourth-order valence-corrected chi connectivity index (χ4v) is 1.72. The van der Waals surface area contributed by atoms with Crippen LogP contribution < -0.4 is 10.6 Å². The van der Waals surface area contributed by atoms with Gasteiger partial charge in [-0.05, 0) is 45.4 Å². The van der Waals surface area contributed by atoms with E-state index < -0.39 is 0 Å². The molecule has 106 valence electrons. The van der Waals surface area contributed by atoms with Crippen LogP contribution in [0.15, 0.2) is 24.3 Å². The average molecular weight is 266 g/mol. The molecule has 1 amide bonds. The van der Waals surface area contributed by atoms with Gasteiger partial charge < -0.3 is 10.6 Å². The second-order valence-corrected chi connectivity index (χ2v) is 5.77. The van der Waals surface area contributed by atoms with Crippen LogP contribution in [0.3, 0.4) is 0 Å². The molecule has 1 aromatic rings. The molecule has 0 aliphatic carbocycles. The highest BCUT2D eigenvalue weighted by atomic mass is 19.1. The van der Waals surface area contributed by atoms with Crippen molar-refractivity contribution in [3.8, 4) is 0 Å². The molecule has 0 saturated heterocycles. The quantitative estimate of drug-likeness (QED) is 0.860. The number of carbonyl (C=O) groups excluding carboxylic acids is 1. The number of hydrogen-bond donors (Lipinski definition) is 2. The summed E-state index contributed by atoms with van der Waals surface area (Å²) in [5.41, 5.74) is 0.784. The second-order valence-electron chi connectivity index (χ2n) is 5.77. The molecule has 0 aliphatic rings. The van der Waals surface area contributed by atoms with Crippen molar-refractivity contribution in [3.63, 3.8) is 0 Å². The van der Waals surface area contributed by atoms with E-state index in [2.05, 4.69) is 31.4 Å².